The molecule has 0 saturated heterocycles. The van der Waals surface area contributed by atoms with Crippen molar-refractivity contribution in [2.45, 2.75) is 26.2 Å². The molecule has 0 fully saturated rings. The molecule has 1 aromatic carbocycles. The van der Waals surface area contributed by atoms with Crippen molar-refractivity contribution in [3.63, 3.8) is 0 Å². The van der Waals surface area contributed by atoms with Gasteiger partial charge in [-0.05, 0) is 30.4 Å². The van der Waals surface area contributed by atoms with Gasteiger partial charge in [0.2, 0.25) is 5.91 Å². The van der Waals surface area contributed by atoms with Crippen LogP contribution in [0.2, 0.25) is 0 Å². The van der Waals surface area contributed by atoms with Gasteiger partial charge in [-0.3, -0.25) is 4.79 Å². The van der Waals surface area contributed by atoms with Gasteiger partial charge in [-0.25, -0.2) is 4.39 Å². The van der Waals surface area contributed by atoms with E-state index in [1.54, 1.807) is 11.8 Å². The zero-order valence-corrected chi connectivity index (χ0v) is 11.4. The molecule has 0 aliphatic rings. The van der Waals surface area contributed by atoms with Crippen LogP contribution in [0.15, 0.2) is 18.2 Å². The Morgan fingerprint density at radius 3 is 2.94 bits per heavy atom. The van der Waals surface area contributed by atoms with Gasteiger partial charge in [0.25, 0.3) is 0 Å². The summed E-state index contributed by atoms with van der Waals surface area (Å²) in [6.45, 7) is 2.13. The molecule has 1 rings (SSSR count). The molecule has 0 aromatic heterocycles. The summed E-state index contributed by atoms with van der Waals surface area (Å²) in [5.74, 6) is 1.19. The third-order valence-corrected chi connectivity index (χ3v) is 3.45. The van der Waals surface area contributed by atoms with E-state index in [1.165, 1.54) is 18.2 Å². The second-order valence-electron chi connectivity index (χ2n) is 4.00. The van der Waals surface area contributed by atoms with Crippen molar-refractivity contribution >= 4 is 29.0 Å². The summed E-state index contributed by atoms with van der Waals surface area (Å²) in [6.07, 6.45) is 2.71. The van der Waals surface area contributed by atoms with Crippen LogP contribution in [0, 0.1) is 5.82 Å². The van der Waals surface area contributed by atoms with Crippen LogP contribution < -0.4 is 11.1 Å². The maximum Gasteiger partial charge on any atom is 0.225 e. The van der Waals surface area contributed by atoms with E-state index in [0.29, 0.717) is 12.1 Å². The minimum Gasteiger partial charge on any atom is -0.399 e. The first-order valence-corrected chi connectivity index (χ1v) is 7.21. The molecule has 3 nitrogen and oxygen atoms in total. The van der Waals surface area contributed by atoms with Crippen molar-refractivity contribution in [3.05, 3.63) is 24.0 Å². The largest absolute Gasteiger partial charge is 0.399 e. The fourth-order valence-corrected chi connectivity index (χ4v) is 2.39. The molecule has 1 aromatic rings. The van der Waals surface area contributed by atoms with Crippen LogP contribution in [-0.2, 0) is 4.79 Å². The maximum absolute atomic E-state index is 13.3. The lowest BCUT2D eigenvalue weighted by atomic mass is 10.2. The fraction of sp³-hybridized carbons (Fsp3) is 0.462. The van der Waals surface area contributed by atoms with E-state index >= 15 is 0 Å². The number of unbranched alkanes of at least 4 members (excludes halogenated alkanes) is 1. The molecular weight excluding hydrogens is 251 g/mol. The third kappa shape index (κ3) is 5.40. The Morgan fingerprint density at radius 1 is 1.44 bits per heavy atom. The predicted octanol–water partition coefficient (Wildman–Crippen LogP) is 3.27. The Bertz CT molecular complexity index is 399. The van der Waals surface area contributed by atoms with E-state index < -0.39 is 5.82 Å². The summed E-state index contributed by atoms with van der Waals surface area (Å²) in [5.41, 5.74) is 6.12. The SMILES string of the molecule is CCCCSCCC(=O)Nc1cc(N)ccc1F. The summed E-state index contributed by atoms with van der Waals surface area (Å²) in [5, 5.41) is 2.53. The third-order valence-electron chi connectivity index (χ3n) is 2.38. The smallest absolute Gasteiger partial charge is 0.225 e. The van der Waals surface area contributed by atoms with Crippen LogP contribution in [0.1, 0.15) is 26.2 Å². The summed E-state index contributed by atoms with van der Waals surface area (Å²) in [6, 6.07) is 4.14. The molecule has 0 spiro atoms. The van der Waals surface area contributed by atoms with Gasteiger partial charge >= 0.3 is 0 Å². The van der Waals surface area contributed by atoms with Crippen LogP contribution >= 0.6 is 11.8 Å². The van der Waals surface area contributed by atoms with E-state index in [2.05, 4.69) is 12.2 Å². The highest BCUT2D eigenvalue weighted by Gasteiger charge is 2.07. The van der Waals surface area contributed by atoms with Gasteiger partial charge in [-0.1, -0.05) is 13.3 Å². The molecule has 0 saturated carbocycles. The van der Waals surface area contributed by atoms with Crippen molar-refractivity contribution in [1.82, 2.24) is 0 Å². The Kier molecular flexibility index (Phi) is 6.57. The van der Waals surface area contributed by atoms with Crippen LogP contribution in [0.5, 0.6) is 0 Å². The first-order valence-electron chi connectivity index (χ1n) is 6.06. The van der Waals surface area contributed by atoms with Gasteiger partial charge in [0.15, 0.2) is 0 Å². The van der Waals surface area contributed by atoms with Crippen LogP contribution in [0.4, 0.5) is 15.8 Å². The average Bonchev–Trinajstić information content (AvgIpc) is 2.33. The Hall–Kier alpha value is -1.23. The normalized spacial score (nSPS) is 10.3. The predicted molar refractivity (Wildman–Crippen MR) is 76.3 cm³/mol. The molecule has 0 unspecified atom stereocenters. The highest BCUT2D eigenvalue weighted by molar-refractivity contribution is 7.99. The lowest BCUT2D eigenvalue weighted by Crippen LogP contribution is -2.13. The minimum absolute atomic E-state index is 0.151. The molecule has 0 heterocycles. The second kappa shape index (κ2) is 7.97. The zero-order valence-electron chi connectivity index (χ0n) is 10.5. The number of carbonyl (C=O) groups is 1. The molecule has 0 aliphatic heterocycles. The quantitative estimate of drug-likeness (QED) is 0.590. The molecule has 18 heavy (non-hydrogen) atoms. The van der Waals surface area contributed by atoms with E-state index in [1.807, 2.05) is 0 Å². The number of hydrogen-bond acceptors (Lipinski definition) is 3. The van der Waals surface area contributed by atoms with Crippen molar-refractivity contribution in [2.75, 3.05) is 22.6 Å². The number of benzene rings is 1. The van der Waals surface area contributed by atoms with E-state index in [0.717, 1.165) is 24.3 Å². The highest BCUT2D eigenvalue weighted by Crippen LogP contribution is 2.17. The standard InChI is InChI=1S/C13H19FN2OS/c1-2-3-7-18-8-6-13(17)16-12-9-10(15)4-5-11(12)14/h4-5,9H,2-3,6-8,15H2,1H3,(H,16,17). The second-order valence-corrected chi connectivity index (χ2v) is 5.23. The number of rotatable bonds is 7. The lowest BCUT2D eigenvalue weighted by Gasteiger charge is -2.07. The van der Waals surface area contributed by atoms with E-state index in [-0.39, 0.29) is 11.6 Å². The van der Waals surface area contributed by atoms with Gasteiger partial charge < -0.3 is 11.1 Å². The summed E-state index contributed by atoms with van der Waals surface area (Å²) in [7, 11) is 0. The lowest BCUT2D eigenvalue weighted by molar-refractivity contribution is -0.115. The molecule has 0 bridgehead atoms. The van der Waals surface area contributed by atoms with E-state index in [9.17, 15) is 9.18 Å². The Balaban J connectivity index is 2.33. The number of nitrogens with one attached hydrogen (secondary N) is 1. The molecule has 0 aliphatic carbocycles. The highest BCUT2D eigenvalue weighted by atomic mass is 32.2. The summed E-state index contributed by atoms with van der Waals surface area (Å²) >= 11 is 1.74. The summed E-state index contributed by atoms with van der Waals surface area (Å²) < 4.78 is 13.3. The number of amides is 1. The number of nitrogens with two attached hydrogens (primary N) is 1. The number of anilines is 2. The Labute approximate surface area is 111 Å². The molecule has 5 heteroatoms. The molecule has 1 amide bonds. The van der Waals surface area contributed by atoms with Crippen molar-refractivity contribution in [2.24, 2.45) is 0 Å². The molecule has 100 valence electrons. The molecule has 0 atom stereocenters. The average molecular weight is 270 g/mol. The van der Waals surface area contributed by atoms with Gasteiger partial charge in [0.1, 0.15) is 5.82 Å². The first kappa shape index (κ1) is 14.8. The molecule has 3 N–H and O–H groups in total. The van der Waals surface area contributed by atoms with Gasteiger partial charge in [0, 0.05) is 17.9 Å². The topological polar surface area (TPSA) is 55.1 Å². The summed E-state index contributed by atoms with van der Waals surface area (Å²) in [4.78, 5) is 11.6. The van der Waals surface area contributed by atoms with E-state index in [4.69, 9.17) is 5.73 Å². The zero-order chi connectivity index (χ0) is 13.4. The van der Waals surface area contributed by atoms with Gasteiger partial charge in [0.05, 0.1) is 5.69 Å². The van der Waals surface area contributed by atoms with Crippen LogP contribution in [0.3, 0.4) is 0 Å². The van der Waals surface area contributed by atoms with Crippen LogP contribution in [0.25, 0.3) is 0 Å². The van der Waals surface area contributed by atoms with Crippen molar-refractivity contribution in [1.29, 1.82) is 0 Å². The number of nitrogen functional groups attached to an aromatic ring is 1. The minimum atomic E-state index is -0.462. The number of hydrogen-bond donors (Lipinski definition) is 2. The van der Waals surface area contributed by atoms with Crippen molar-refractivity contribution in [3.8, 4) is 0 Å². The number of thioether (sulfide) groups is 1. The number of halogens is 1. The number of carbonyl (C=O) groups excluding carboxylic acids is 1. The first-order chi connectivity index (χ1) is 8.63. The van der Waals surface area contributed by atoms with Crippen molar-refractivity contribution < 1.29 is 9.18 Å². The Morgan fingerprint density at radius 2 is 2.22 bits per heavy atom. The van der Waals surface area contributed by atoms with Gasteiger partial charge in [-0.15, -0.1) is 0 Å². The molecular formula is C13H19FN2OS. The monoisotopic (exact) mass is 270 g/mol. The fourth-order valence-electron chi connectivity index (χ4n) is 1.36. The molecule has 0 radical (unpaired) electrons. The van der Waals surface area contributed by atoms with Gasteiger partial charge in [-0.2, -0.15) is 11.8 Å². The maximum atomic E-state index is 13.3. The van der Waals surface area contributed by atoms with Crippen LogP contribution in [-0.4, -0.2) is 17.4 Å².